The summed E-state index contributed by atoms with van der Waals surface area (Å²) in [4.78, 5) is 16.5. The van der Waals surface area contributed by atoms with Gasteiger partial charge in [0.2, 0.25) is 5.95 Å². The minimum atomic E-state index is -0.267. The Hall–Kier alpha value is -1.67. The van der Waals surface area contributed by atoms with Crippen LogP contribution >= 0.6 is 15.9 Å². The van der Waals surface area contributed by atoms with Crippen molar-refractivity contribution >= 4 is 27.8 Å². The molecule has 1 fully saturated rings. The van der Waals surface area contributed by atoms with Gasteiger partial charge in [0.1, 0.15) is 6.26 Å². The molecule has 2 aromatic rings. The Bertz CT molecular complexity index is 645. The second-order valence-corrected chi connectivity index (χ2v) is 5.82. The number of rotatable bonds is 3. The van der Waals surface area contributed by atoms with E-state index in [-0.39, 0.29) is 5.91 Å². The minimum absolute atomic E-state index is 0.267. The van der Waals surface area contributed by atoms with Crippen LogP contribution in [0.4, 0.5) is 5.95 Å². The van der Waals surface area contributed by atoms with Crippen LogP contribution in [0.15, 0.2) is 21.4 Å². The Balaban J connectivity index is 1.73. The predicted molar refractivity (Wildman–Crippen MR) is 80.2 cm³/mol. The lowest BCUT2D eigenvalue weighted by Gasteiger charge is -2.19. The Labute approximate surface area is 130 Å². The van der Waals surface area contributed by atoms with Crippen molar-refractivity contribution in [3.05, 3.63) is 28.4 Å². The second-order valence-electron chi connectivity index (χ2n) is 5.04. The zero-order chi connectivity index (χ0) is 14.8. The summed E-state index contributed by atoms with van der Waals surface area (Å²) in [6, 6.07) is 1.61. The van der Waals surface area contributed by atoms with E-state index in [1.54, 1.807) is 17.8 Å². The van der Waals surface area contributed by atoms with Crippen molar-refractivity contribution in [1.82, 2.24) is 20.1 Å². The summed E-state index contributed by atoms with van der Waals surface area (Å²) in [6.07, 6.45) is 3.43. The summed E-state index contributed by atoms with van der Waals surface area (Å²) in [7, 11) is 1.78. The lowest BCUT2D eigenvalue weighted by Crippen LogP contribution is -2.27. The summed E-state index contributed by atoms with van der Waals surface area (Å²) in [5, 5.41) is 10.5. The van der Waals surface area contributed by atoms with Gasteiger partial charge in [0, 0.05) is 19.0 Å². The first-order valence-electron chi connectivity index (χ1n) is 6.80. The van der Waals surface area contributed by atoms with Crippen LogP contribution in [0.1, 0.15) is 34.9 Å². The number of carbonyl (C=O) groups excluding carboxylic acids is 1. The molecular weight excluding hydrogens is 338 g/mol. The summed E-state index contributed by atoms with van der Waals surface area (Å²) in [6.45, 7) is 1.96. The molecule has 1 aliphatic rings. The largest absolute Gasteiger partial charge is 0.457 e. The van der Waals surface area contributed by atoms with Crippen molar-refractivity contribution in [1.29, 1.82) is 0 Å². The molecule has 0 atom stereocenters. The first kappa shape index (κ1) is 14.3. The second kappa shape index (κ2) is 5.98. The number of piperidine rings is 1. The van der Waals surface area contributed by atoms with Gasteiger partial charge in [-0.1, -0.05) is 0 Å². The Morgan fingerprint density at radius 1 is 1.52 bits per heavy atom. The maximum atomic E-state index is 12.1. The molecule has 7 nitrogen and oxygen atoms in total. The molecule has 2 N–H and O–H groups in total. The van der Waals surface area contributed by atoms with Crippen LogP contribution in [0.2, 0.25) is 0 Å². The maximum absolute atomic E-state index is 12.1. The molecule has 0 aromatic carbocycles. The van der Waals surface area contributed by atoms with E-state index in [0.717, 1.165) is 31.8 Å². The van der Waals surface area contributed by atoms with E-state index < -0.39 is 0 Å². The predicted octanol–water partition coefficient (Wildman–Crippen LogP) is 1.89. The molecular formula is C13H16BrN5O2. The van der Waals surface area contributed by atoms with Gasteiger partial charge in [-0.2, -0.15) is 10.1 Å². The average molecular weight is 354 g/mol. The van der Waals surface area contributed by atoms with Crippen LogP contribution in [0.3, 0.4) is 0 Å². The molecule has 0 aliphatic carbocycles. The normalized spacial score (nSPS) is 16.1. The number of furan rings is 1. The number of carbonyl (C=O) groups is 1. The molecule has 1 aliphatic heterocycles. The molecule has 1 amide bonds. The van der Waals surface area contributed by atoms with Crippen LogP contribution < -0.4 is 10.6 Å². The van der Waals surface area contributed by atoms with Crippen molar-refractivity contribution < 1.29 is 9.21 Å². The van der Waals surface area contributed by atoms with Gasteiger partial charge in [-0.3, -0.25) is 10.1 Å². The van der Waals surface area contributed by atoms with Gasteiger partial charge in [0.25, 0.3) is 5.91 Å². The molecule has 0 bridgehead atoms. The SMILES string of the molecule is Cn1nc(C2CCNCC2)nc1NC(=O)c1coc(Br)c1. The van der Waals surface area contributed by atoms with E-state index in [0.29, 0.717) is 22.1 Å². The van der Waals surface area contributed by atoms with Crippen molar-refractivity contribution in [3.8, 4) is 0 Å². The first-order valence-corrected chi connectivity index (χ1v) is 7.60. The lowest BCUT2D eigenvalue weighted by molar-refractivity contribution is 0.102. The van der Waals surface area contributed by atoms with Crippen LogP contribution in [0.5, 0.6) is 0 Å². The topological polar surface area (TPSA) is 85.0 Å². The Morgan fingerprint density at radius 3 is 2.95 bits per heavy atom. The van der Waals surface area contributed by atoms with Crippen LogP contribution in [0.25, 0.3) is 0 Å². The van der Waals surface area contributed by atoms with E-state index >= 15 is 0 Å². The number of amides is 1. The summed E-state index contributed by atoms with van der Waals surface area (Å²) >= 11 is 3.17. The molecule has 0 spiro atoms. The third-order valence-corrected chi connectivity index (χ3v) is 3.95. The van der Waals surface area contributed by atoms with Crippen LogP contribution in [-0.4, -0.2) is 33.8 Å². The number of aromatic nitrogens is 3. The van der Waals surface area contributed by atoms with Crippen molar-refractivity contribution in [2.45, 2.75) is 18.8 Å². The third-order valence-electron chi connectivity index (χ3n) is 3.54. The van der Waals surface area contributed by atoms with Gasteiger partial charge in [-0.25, -0.2) is 4.68 Å². The standard InChI is InChI=1S/C13H16BrN5O2/c1-19-13(17-12(20)9-6-10(14)21-7-9)16-11(18-19)8-2-4-15-5-3-8/h6-8,15H,2-5H2,1H3,(H,16,17,18,20). The van der Waals surface area contributed by atoms with Gasteiger partial charge in [-0.15, -0.1) is 0 Å². The Kier molecular flexibility index (Phi) is 4.07. The molecule has 0 saturated carbocycles. The van der Waals surface area contributed by atoms with Gasteiger partial charge >= 0.3 is 0 Å². The smallest absolute Gasteiger partial charge is 0.261 e. The first-order chi connectivity index (χ1) is 10.1. The third kappa shape index (κ3) is 3.16. The maximum Gasteiger partial charge on any atom is 0.261 e. The number of halogens is 1. The molecule has 0 radical (unpaired) electrons. The van der Waals surface area contributed by atoms with Gasteiger partial charge in [0.05, 0.1) is 5.56 Å². The zero-order valence-corrected chi connectivity index (χ0v) is 13.2. The highest BCUT2D eigenvalue weighted by Crippen LogP contribution is 2.23. The minimum Gasteiger partial charge on any atom is -0.457 e. The van der Waals surface area contributed by atoms with E-state index in [1.165, 1.54) is 6.26 Å². The van der Waals surface area contributed by atoms with Crippen molar-refractivity contribution in [2.75, 3.05) is 18.4 Å². The van der Waals surface area contributed by atoms with Crippen LogP contribution in [0, 0.1) is 0 Å². The number of aryl methyl sites for hydroxylation is 1. The zero-order valence-electron chi connectivity index (χ0n) is 11.6. The number of nitrogens with one attached hydrogen (secondary N) is 2. The van der Waals surface area contributed by atoms with Crippen molar-refractivity contribution in [2.24, 2.45) is 7.05 Å². The Morgan fingerprint density at radius 2 is 2.29 bits per heavy atom. The molecule has 0 unspecified atom stereocenters. The van der Waals surface area contributed by atoms with E-state index in [4.69, 9.17) is 4.42 Å². The quantitative estimate of drug-likeness (QED) is 0.879. The molecule has 3 rings (SSSR count). The molecule has 1 saturated heterocycles. The van der Waals surface area contributed by atoms with Gasteiger partial charge < -0.3 is 9.73 Å². The fourth-order valence-corrected chi connectivity index (χ4v) is 2.71. The molecule has 3 heterocycles. The summed E-state index contributed by atoms with van der Waals surface area (Å²) < 4.78 is 7.18. The molecule has 8 heteroatoms. The van der Waals surface area contributed by atoms with Crippen LogP contribution in [-0.2, 0) is 7.05 Å². The van der Waals surface area contributed by atoms with E-state index in [2.05, 4.69) is 36.6 Å². The highest BCUT2D eigenvalue weighted by molar-refractivity contribution is 9.10. The molecule has 2 aromatic heterocycles. The number of anilines is 1. The highest BCUT2D eigenvalue weighted by atomic mass is 79.9. The van der Waals surface area contributed by atoms with Crippen molar-refractivity contribution in [3.63, 3.8) is 0 Å². The molecule has 112 valence electrons. The molecule has 21 heavy (non-hydrogen) atoms. The highest BCUT2D eigenvalue weighted by Gasteiger charge is 2.21. The van der Waals surface area contributed by atoms with E-state index in [1.807, 2.05) is 0 Å². The van der Waals surface area contributed by atoms with Gasteiger partial charge in [0.15, 0.2) is 10.5 Å². The summed E-state index contributed by atoms with van der Waals surface area (Å²) in [5.74, 6) is 1.33. The van der Waals surface area contributed by atoms with Gasteiger partial charge in [-0.05, 0) is 41.9 Å². The lowest BCUT2D eigenvalue weighted by atomic mass is 9.98. The fraction of sp³-hybridized carbons (Fsp3) is 0.462. The fourth-order valence-electron chi connectivity index (χ4n) is 2.37. The summed E-state index contributed by atoms with van der Waals surface area (Å²) in [5.41, 5.74) is 0.438. The number of hydrogen-bond acceptors (Lipinski definition) is 5. The van der Waals surface area contributed by atoms with E-state index in [9.17, 15) is 4.79 Å². The average Bonchev–Trinajstić information content (AvgIpc) is 3.07. The monoisotopic (exact) mass is 353 g/mol. The number of hydrogen-bond donors (Lipinski definition) is 2. The number of nitrogens with zero attached hydrogens (tertiary/aromatic N) is 3.